The molecule has 2 aliphatic rings. The molecular weight excluding hydrogens is 1120 g/mol. The number of imidazole rings is 4. The second kappa shape index (κ2) is 23.6. The Labute approximate surface area is 456 Å². The number of pyridine rings is 4. The summed E-state index contributed by atoms with van der Waals surface area (Å²) in [7, 11) is 0. The van der Waals surface area contributed by atoms with Crippen LogP contribution in [0.4, 0.5) is 8.78 Å². The summed E-state index contributed by atoms with van der Waals surface area (Å²) in [5, 5.41) is 8.74. The molecule has 10 aromatic heterocycles. The van der Waals surface area contributed by atoms with Gasteiger partial charge in [-0.05, 0) is 124 Å². The Morgan fingerprint density at radius 2 is 1.14 bits per heavy atom. The molecular formula is C55H52Br2F2N12O6. The average molecular weight is 1170 g/mol. The SMILES string of the molecule is C.CCCc1cc(C2CC2)cn2cc(Cn3cc(C(=O)CCc4ncn5ccc(Br)c(F)c45)cn3)nc12.O=C=O.O=COCc1cc(C2CC2)cn2cc(Cn3cc(C(=O)CCc4ncn5ccc(Br)c(F)c45)cn3)nc12. The fourth-order valence-corrected chi connectivity index (χ4v) is 10.0. The highest BCUT2D eigenvalue weighted by atomic mass is 79.9. The maximum atomic E-state index is 14.5. The van der Waals surface area contributed by atoms with Gasteiger partial charge in [0, 0.05) is 68.0 Å². The van der Waals surface area contributed by atoms with Gasteiger partial charge in [0.1, 0.15) is 28.9 Å². The minimum atomic E-state index is -0.396. The Kier molecular flexibility index (Phi) is 16.6. The lowest BCUT2D eigenvalue weighted by molar-refractivity contribution is -0.191. The summed E-state index contributed by atoms with van der Waals surface area (Å²) in [6.45, 7) is 3.67. The van der Waals surface area contributed by atoms with Crippen molar-refractivity contribution in [2.45, 2.75) is 110 Å². The Balaban J connectivity index is 0.000000177. The topological polar surface area (TPSA) is 199 Å². The molecule has 12 rings (SSSR count). The maximum absolute atomic E-state index is 14.5. The molecule has 22 heteroatoms. The second-order valence-corrected chi connectivity index (χ2v) is 20.6. The number of carbonyl (C=O) groups excluding carboxylic acids is 5. The molecule has 0 atom stereocenters. The van der Waals surface area contributed by atoms with E-state index in [2.05, 4.69) is 94.1 Å². The summed E-state index contributed by atoms with van der Waals surface area (Å²) in [6, 6.07) is 7.63. The van der Waals surface area contributed by atoms with Crippen molar-refractivity contribution in [2.24, 2.45) is 0 Å². The van der Waals surface area contributed by atoms with Crippen LogP contribution in [0.15, 0.2) is 108 Å². The lowest BCUT2D eigenvalue weighted by Gasteiger charge is -2.06. The number of Topliss-reactive ketones (excluding diaryl/α,β-unsaturated/α-hetero) is 2. The van der Waals surface area contributed by atoms with Crippen LogP contribution in [0.25, 0.3) is 22.3 Å². The molecule has 18 nitrogen and oxygen atoms in total. The molecule has 10 heterocycles. The van der Waals surface area contributed by atoms with Crippen molar-refractivity contribution in [2.75, 3.05) is 0 Å². The number of hydrogen-bond donors (Lipinski definition) is 0. The number of fused-ring (bicyclic) bond motifs is 4. The number of ketones is 2. The first kappa shape index (κ1) is 54.0. The molecule has 0 N–H and O–H groups in total. The molecule has 0 amide bonds. The lowest BCUT2D eigenvalue weighted by atomic mass is 10.1. The van der Waals surface area contributed by atoms with Gasteiger partial charge in [-0.3, -0.25) is 23.7 Å². The molecule has 2 aliphatic carbocycles. The van der Waals surface area contributed by atoms with Crippen molar-refractivity contribution in [1.29, 1.82) is 0 Å². The van der Waals surface area contributed by atoms with Gasteiger partial charge in [-0.1, -0.05) is 26.8 Å². The van der Waals surface area contributed by atoms with Gasteiger partial charge in [0.15, 0.2) is 23.2 Å². The van der Waals surface area contributed by atoms with Crippen molar-refractivity contribution in [3.05, 3.63) is 176 Å². The predicted octanol–water partition coefficient (Wildman–Crippen LogP) is 10.3. The number of hydrogen-bond acceptors (Lipinski definition) is 12. The molecule has 2 saturated carbocycles. The minimum absolute atomic E-state index is 0. The van der Waals surface area contributed by atoms with Crippen LogP contribution in [-0.4, -0.2) is 81.3 Å². The van der Waals surface area contributed by atoms with E-state index >= 15 is 0 Å². The molecule has 0 bridgehead atoms. The van der Waals surface area contributed by atoms with E-state index in [1.54, 1.807) is 73.9 Å². The lowest BCUT2D eigenvalue weighted by Crippen LogP contribution is -2.03. The van der Waals surface area contributed by atoms with Gasteiger partial charge in [0.25, 0.3) is 6.47 Å². The summed E-state index contributed by atoms with van der Waals surface area (Å²) in [6.07, 6.45) is 29.7. The van der Waals surface area contributed by atoms with Crippen molar-refractivity contribution in [1.82, 2.24) is 57.1 Å². The number of rotatable bonds is 19. The fraction of sp³-hybridized carbons (Fsp3) is 0.309. The summed E-state index contributed by atoms with van der Waals surface area (Å²) in [5.74, 6) is 0.320. The zero-order chi connectivity index (χ0) is 53.0. The largest absolute Gasteiger partial charge is 0.463 e. The van der Waals surface area contributed by atoms with Gasteiger partial charge in [0.2, 0.25) is 0 Å². The second-order valence-electron chi connectivity index (χ2n) is 18.9. The van der Waals surface area contributed by atoms with Crippen LogP contribution in [0.2, 0.25) is 0 Å². The van der Waals surface area contributed by atoms with Crippen LogP contribution >= 0.6 is 31.9 Å². The van der Waals surface area contributed by atoms with E-state index in [1.165, 1.54) is 35.7 Å². The van der Waals surface area contributed by atoms with E-state index in [-0.39, 0.29) is 50.4 Å². The molecule has 396 valence electrons. The van der Waals surface area contributed by atoms with Crippen LogP contribution < -0.4 is 0 Å². The molecule has 0 spiro atoms. The molecule has 0 aromatic carbocycles. The average Bonchev–Trinajstić information content (AvgIpc) is 3.99. The van der Waals surface area contributed by atoms with Gasteiger partial charge >= 0.3 is 6.15 Å². The van der Waals surface area contributed by atoms with Crippen molar-refractivity contribution < 1.29 is 37.5 Å². The predicted molar refractivity (Wildman–Crippen MR) is 285 cm³/mol. The Bertz CT molecular complexity index is 3840. The van der Waals surface area contributed by atoms with Crippen molar-refractivity contribution in [3.63, 3.8) is 0 Å². The van der Waals surface area contributed by atoms with Crippen molar-refractivity contribution >= 4 is 78.4 Å². The molecule has 0 radical (unpaired) electrons. The number of halogens is 4. The smallest absolute Gasteiger partial charge is 0.373 e. The third-order valence-corrected chi connectivity index (χ3v) is 14.6. The summed E-state index contributed by atoms with van der Waals surface area (Å²) in [5.41, 5.74) is 11.1. The number of ether oxygens (including phenoxy) is 1. The first-order chi connectivity index (χ1) is 36.9. The first-order valence-corrected chi connectivity index (χ1v) is 26.3. The zero-order valence-electron chi connectivity index (χ0n) is 41.0. The van der Waals surface area contributed by atoms with Gasteiger partial charge in [-0.15, -0.1) is 0 Å². The van der Waals surface area contributed by atoms with Crippen molar-refractivity contribution in [3.8, 4) is 0 Å². The summed E-state index contributed by atoms with van der Waals surface area (Å²) in [4.78, 5) is 70.9. The van der Waals surface area contributed by atoms with E-state index in [9.17, 15) is 23.2 Å². The quantitative estimate of drug-likeness (QED) is 0.0549. The Hall–Kier alpha value is -7.81. The Morgan fingerprint density at radius 1 is 0.688 bits per heavy atom. The highest BCUT2D eigenvalue weighted by Crippen LogP contribution is 2.41. The van der Waals surface area contributed by atoms with E-state index in [4.69, 9.17) is 24.3 Å². The van der Waals surface area contributed by atoms with E-state index in [0.717, 1.165) is 53.9 Å². The van der Waals surface area contributed by atoms with E-state index in [1.807, 2.05) is 10.6 Å². The van der Waals surface area contributed by atoms with Gasteiger partial charge in [-0.25, -0.2) is 28.7 Å². The third kappa shape index (κ3) is 12.1. The first-order valence-electron chi connectivity index (χ1n) is 24.7. The number of carbonyl (C=O) groups is 3. The van der Waals surface area contributed by atoms with Gasteiger partial charge < -0.3 is 22.3 Å². The standard InChI is InChI=1S/C27H26BrFN6O.C26H22BrFN6O3.CO2.CH4/c1-2-3-18-10-19(17-4-5-17)12-34-14-21(32-27(18)34)15-35-13-20(11-31-35)24(36)7-6-23-26-25(29)22(28)8-9-33(26)16-30-23;27-21-5-6-32-14-29-22(25(32)24(21)28)3-4-23(36)19-8-30-34(10-19)12-20-11-33-9-17(16-1-2-16)7-18(13-37-15-35)26(33)31-20;2-1-3;/h8-14,16-17H,2-7,15H2,1H3;5-11,14-16H,1-4,12-13H2;;1H4. The van der Waals surface area contributed by atoms with E-state index < -0.39 is 5.82 Å². The highest BCUT2D eigenvalue weighted by Gasteiger charge is 2.27. The fourth-order valence-electron chi connectivity index (χ4n) is 9.41. The van der Waals surface area contributed by atoms with E-state index in [0.29, 0.717) is 86.7 Å². The zero-order valence-corrected chi connectivity index (χ0v) is 44.2. The molecule has 0 aliphatic heterocycles. The molecule has 0 saturated heterocycles. The van der Waals surface area contributed by atoms with Crippen LogP contribution in [0.5, 0.6) is 0 Å². The minimum Gasteiger partial charge on any atom is -0.463 e. The van der Waals surface area contributed by atoms with Gasteiger partial charge in [-0.2, -0.15) is 19.8 Å². The molecule has 77 heavy (non-hydrogen) atoms. The summed E-state index contributed by atoms with van der Waals surface area (Å²) < 4.78 is 45.6. The number of aryl methyl sites for hydroxylation is 3. The Morgan fingerprint density at radius 3 is 1.58 bits per heavy atom. The van der Waals surface area contributed by atoms with Crippen LogP contribution in [-0.2, 0) is 58.1 Å². The van der Waals surface area contributed by atoms with Crippen LogP contribution in [0, 0.1) is 11.6 Å². The van der Waals surface area contributed by atoms with Gasteiger partial charge in [0.05, 0.1) is 81.0 Å². The molecule has 0 unspecified atom stereocenters. The maximum Gasteiger partial charge on any atom is 0.373 e. The van der Waals surface area contributed by atoms with Crippen LogP contribution in [0.3, 0.4) is 0 Å². The number of nitrogens with zero attached hydrogens (tertiary/aromatic N) is 12. The molecule has 10 aromatic rings. The molecule has 2 fully saturated rings. The third-order valence-electron chi connectivity index (χ3n) is 13.4. The number of aromatic nitrogens is 12. The normalized spacial score (nSPS) is 13.0. The van der Waals surface area contributed by atoms with Crippen LogP contribution in [0.1, 0.15) is 137 Å². The summed E-state index contributed by atoms with van der Waals surface area (Å²) >= 11 is 6.42. The highest BCUT2D eigenvalue weighted by molar-refractivity contribution is 9.10. The monoisotopic (exact) mass is 1170 g/mol.